The molecular weight excluding hydrogens is 318 g/mol. The van der Waals surface area contributed by atoms with Gasteiger partial charge >= 0.3 is 0 Å². The maximum Gasteiger partial charge on any atom is 0.230 e. The van der Waals surface area contributed by atoms with Crippen molar-refractivity contribution in [3.63, 3.8) is 0 Å². The summed E-state index contributed by atoms with van der Waals surface area (Å²) >= 11 is 1.26. The first kappa shape index (κ1) is 17.8. The predicted octanol–water partition coefficient (Wildman–Crippen LogP) is 0.0436. The van der Waals surface area contributed by atoms with E-state index in [1.807, 2.05) is 0 Å². The molecule has 1 saturated heterocycles. The van der Waals surface area contributed by atoms with Gasteiger partial charge in [-0.2, -0.15) is 0 Å². The molecule has 2 N–H and O–H groups in total. The molecule has 0 aromatic rings. The number of thioether (sulfide) groups is 1. The zero-order valence-corrected chi connectivity index (χ0v) is 14.0. The van der Waals surface area contributed by atoms with Crippen molar-refractivity contribution < 1.29 is 19.2 Å². The summed E-state index contributed by atoms with van der Waals surface area (Å²) in [5, 5.41) is 5.58. The third-order valence-electron chi connectivity index (χ3n) is 3.98. The van der Waals surface area contributed by atoms with Crippen molar-refractivity contribution in [1.29, 1.82) is 0 Å². The summed E-state index contributed by atoms with van der Waals surface area (Å²) in [4.78, 5) is 47.6. The van der Waals surface area contributed by atoms with Crippen LogP contribution in [-0.4, -0.2) is 59.2 Å². The number of hydrogen-bond donors (Lipinski definition) is 2. The lowest BCUT2D eigenvalue weighted by atomic mass is 9.93. The van der Waals surface area contributed by atoms with Crippen LogP contribution in [0.4, 0.5) is 0 Å². The fourth-order valence-corrected chi connectivity index (χ4v) is 3.12. The summed E-state index contributed by atoms with van der Waals surface area (Å²) in [6.07, 6.45) is 4.66. The second-order valence-corrected chi connectivity index (χ2v) is 6.82. The molecule has 2 rings (SSSR count). The van der Waals surface area contributed by atoms with Crippen molar-refractivity contribution in [2.24, 2.45) is 0 Å². The molecule has 8 heteroatoms. The lowest BCUT2D eigenvalue weighted by Crippen LogP contribution is -2.44. The highest BCUT2D eigenvalue weighted by Crippen LogP contribution is 2.18. The number of nitrogens with zero attached hydrogens (tertiary/aromatic N) is 1. The van der Waals surface area contributed by atoms with Crippen LogP contribution in [0.1, 0.15) is 38.5 Å². The topological polar surface area (TPSA) is 95.6 Å². The number of carbonyl (C=O) groups is 4. The molecule has 7 nitrogen and oxygen atoms in total. The Balaban J connectivity index is 1.53. The SMILES string of the molecule is O=C(CSCC(=O)NC1CCC1)NCCN1C(=O)CCCC1=O. The van der Waals surface area contributed by atoms with Gasteiger partial charge in [-0.1, -0.05) is 0 Å². The van der Waals surface area contributed by atoms with Crippen LogP contribution in [0.25, 0.3) is 0 Å². The van der Waals surface area contributed by atoms with E-state index in [9.17, 15) is 19.2 Å². The standard InChI is InChI=1S/C15H23N3O4S/c19-12(9-23-10-13(20)17-11-3-1-4-11)16-7-8-18-14(21)5-2-6-15(18)22/h11H,1-10H2,(H,16,19)(H,17,20). The van der Waals surface area contributed by atoms with Gasteiger partial charge in [0, 0.05) is 32.0 Å². The highest BCUT2D eigenvalue weighted by atomic mass is 32.2. The summed E-state index contributed by atoms with van der Waals surface area (Å²) < 4.78 is 0. The molecule has 0 unspecified atom stereocenters. The third kappa shape index (κ3) is 5.85. The van der Waals surface area contributed by atoms with Gasteiger partial charge in [-0.3, -0.25) is 24.1 Å². The normalized spacial score (nSPS) is 18.5. The lowest BCUT2D eigenvalue weighted by Gasteiger charge is -2.26. The number of amides is 4. The number of imide groups is 1. The van der Waals surface area contributed by atoms with Crippen LogP contribution < -0.4 is 10.6 Å². The van der Waals surface area contributed by atoms with E-state index in [0.29, 0.717) is 25.3 Å². The number of carbonyl (C=O) groups excluding carboxylic acids is 4. The zero-order valence-electron chi connectivity index (χ0n) is 13.1. The molecule has 2 fully saturated rings. The van der Waals surface area contributed by atoms with E-state index in [2.05, 4.69) is 10.6 Å². The average Bonchev–Trinajstić information content (AvgIpc) is 2.46. The van der Waals surface area contributed by atoms with Gasteiger partial charge < -0.3 is 10.6 Å². The van der Waals surface area contributed by atoms with Crippen molar-refractivity contribution in [3.8, 4) is 0 Å². The quantitative estimate of drug-likeness (QED) is 0.608. The summed E-state index contributed by atoms with van der Waals surface area (Å²) in [7, 11) is 0. The number of piperidine rings is 1. The van der Waals surface area contributed by atoms with Gasteiger partial charge in [-0.05, 0) is 25.7 Å². The number of nitrogens with one attached hydrogen (secondary N) is 2. The first-order chi connectivity index (χ1) is 11.1. The molecule has 1 heterocycles. The molecule has 0 bridgehead atoms. The van der Waals surface area contributed by atoms with Crippen molar-refractivity contribution in [2.75, 3.05) is 24.6 Å². The Morgan fingerprint density at radius 2 is 1.70 bits per heavy atom. The predicted molar refractivity (Wildman–Crippen MR) is 86.7 cm³/mol. The number of hydrogen-bond acceptors (Lipinski definition) is 5. The monoisotopic (exact) mass is 341 g/mol. The molecular formula is C15H23N3O4S. The summed E-state index contributed by atoms with van der Waals surface area (Å²) in [6, 6.07) is 0.316. The summed E-state index contributed by atoms with van der Waals surface area (Å²) in [6.45, 7) is 0.474. The van der Waals surface area contributed by atoms with Crippen LogP contribution >= 0.6 is 11.8 Å². The maximum atomic E-state index is 11.7. The van der Waals surface area contributed by atoms with Crippen LogP contribution in [0.2, 0.25) is 0 Å². The van der Waals surface area contributed by atoms with E-state index in [-0.39, 0.29) is 48.2 Å². The molecule has 0 aromatic heterocycles. The first-order valence-electron chi connectivity index (χ1n) is 8.03. The molecule has 1 aliphatic carbocycles. The van der Waals surface area contributed by atoms with Crippen molar-refractivity contribution in [2.45, 2.75) is 44.6 Å². The van der Waals surface area contributed by atoms with Crippen LogP contribution in [-0.2, 0) is 19.2 Å². The Labute approximate surface area is 139 Å². The van der Waals surface area contributed by atoms with Gasteiger partial charge in [0.15, 0.2) is 0 Å². The smallest absolute Gasteiger partial charge is 0.230 e. The molecule has 2 aliphatic rings. The molecule has 0 atom stereocenters. The van der Waals surface area contributed by atoms with Crippen molar-refractivity contribution in [1.82, 2.24) is 15.5 Å². The zero-order chi connectivity index (χ0) is 16.7. The second kappa shape index (κ2) is 8.90. The van der Waals surface area contributed by atoms with E-state index < -0.39 is 0 Å². The van der Waals surface area contributed by atoms with Crippen LogP contribution in [0.15, 0.2) is 0 Å². The van der Waals surface area contributed by atoms with Gasteiger partial charge in [0.2, 0.25) is 23.6 Å². The minimum Gasteiger partial charge on any atom is -0.354 e. The van der Waals surface area contributed by atoms with Crippen LogP contribution in [0.5, 0.6) is 0 Å². The van der Waals surface area contributed by atoms with E-state index in [1.165, 1.54) is 23.1 Å². The molecule has 1 aliphatic heterocycles. The third-order valence-corrected chi connectivity index (χ3v) is 4.91. The molecule has 0 radical (unpaired) electrons. The Hall–Kier alpha value is -1.57. The maximum absolute atomic E-state index is 11.7. The van der Waals surface area contributed by atoms with Gasteiger partial charge in [-0.25, -0.2) is 0 Å². The van der Waals surface area contributed by atoms with E-state index in [4.69, 9.17) is 0 Å². The Bertz CT molecular complexity index is 463. The molecule has 23 heavy (non-hydrogen) atoms. The second-order valence-electron chi connectivity index (χ2n) is 5.83. The average molecular weight is 341 g/mol. The van der Waals surface area contributed by atoms with Crippen molar-refractivity contribution in [3.05, 3.63) is 0 Å². The fraction of sp³-hybridized carbons (Fsp3) is 0.733. The van der Waals surface area contributed by atoms with Crippen molar-refractivity contribution >= 4 is 35.4 Å². The Morgan fingerprint density at radius 3 is 2.30 bits per heavy atom. The fourth-order valence-electron chi connectivity index (χ4n) is 2.47. The van der Waals surface area contributed by atoms with Gasteiger partial charge in [0.05, 0.1) is 11.5 Å². The van der Waals surface area contributed by atoms with E-state index in [0.717, 1.165) is 12.8 Å². The summed E-state index contributed by atoms with van der Waals surface area (Å²) in [5.41, 5.74) is 0. The molecule has 1 saturated carbocycles. The number of rotatable bonds is 8. The van der Waals surface area contributed by atoms with E-state index in [1.54, 1.807) is 0 Å². The lowest BCUT2D eigenvalue weighted by molar-refractivity contribution is -0.148. The number of likely N-dealkylation sites (tertiary alicyclic amines) is 1. The minimum absolute atomic E-state index is 0.0305. The van der Waals surface area contributed by atoms with Crippen LogP contribution in [0.3, 0.4) is 0 Å². The Morgan fingerprint density at radius 1 is 1.04 bits per heavy atom. The minimum atomic E-state index is -0.191. The molecule has 0 spiro atoms. The largest absolute Gasteiger partial charge is 0.354 e. The van der Waals surface area contributed by atoms with Gasteiger partial charge in [0.25, 0.3) is 0 Å². The highest BCUT2D eigenvalue weighted by Gasteiger charge is 2.25. The highest BCUT2D eigenvalue weighted by molar-refractivity contribution is 8.00. The van der Waals surface area contributed by atoms with Gasteiger partial charge in [0.1, 0.15) is 0 Å². The first-order valence-corrected chi connectivity index (χ1v) is 9.18. The molecule has 0 aromatic carbocycles. The molecule has 128 valence electrons. The van der Waals surface area contributed by atoms with Gasteiger partial charge in [-0.15, -0.1) is 11.8 Å². The molecule has 4 amide bonds. The van der Waals surface area contributed by atoms with E-state index >= 15 is 0 Å². The summed E-state index contributed by atoms with van der Waals surface area (Å²) in [5.74, 6) is -0.0945. The van der Waals surface area contributed by atoms with Crippen LogP contribution in [0, 0.1) is 0 Å². The Kier molecular flexibility index (Phi) is 6.88.